The minimum atomic E-state index is -0.213. The first kappa shape index (κ1) is 13.1. The molecule has 0 spiro atoms. The van der Waals surface area contributed by atoms with E-state index >= 15 is 0 Å². The fourth-order valence-electron chi connectivity index (χ4n) is 3.00. The van der Waals surface area contributed by atoms with Gasteiger partial charge in [-0.05, 0) is 49.9 Å². The van der Waals surface area contributed by atoms with E-state index in [9.17, 15) is 4.79 Å². The summed E-state index contributed by atoms with van der Waals surface area (Å²) in [6.45, 7) is 3.98. The number of H-pyrrole nitrogens is 1. The molecule has 1 aromatic carbocycles. The first-order chi connectivity index (χ1) is 10.6. The molecule has 2 aromatic heterocycles. The average molecular weight is 295 g/mol. The predicted molar refractivity (Wildman–Crippen MR) is 84.4 cm³/mol. The molecule has 2 heterocycles. The maximum Gasteiger partial charge on any atom is 0.346 e. The Morgan fingerprint density at radius 1 is 1.32 bits per heavy atom. The van der Waals surface area contributed by atoms with Gasteiger partial charge >= 0.3 is 5.69 Å². The van der Waals surface area contributed by atoms with Crippen LogP contribution in [0.15, 0.2) is 35.3 Å². The molecule has 0 aliphatic heterocycles. The lowest BCUT2D eigenvalue weighted by Gasteiger charge is -2.08. The van der Waals surface area contributed by atoms with Gasteiger partial charge in [0.2, 0.25) is 0 Å². The Labute approximate surface area is 127 Å². The molecule has 5 heteroatoms. The molecule has 1 N–H and O–H groups in total. The molecule has 0 bridgehead atoms. The molecule has 22 heavy (non-hydrogen) atoms. The number of rotatable bonds is 3. The second-order valence-corrected chi connectivity index (χ2v) is 5.83. The molecule has 4 rings (SSSR count). The largest absolute Gasteiger partial charge is 0.490 e. The lowest BCUT2D eigenvalue weighted by atomic mass is 10.0. The Bertz CT molecular complexity index is 919. The number of nitrogens with one attached hydrogen (secondary N) is 1. The maximum absolute atomic E-state index is 12.0. The fraction of sp³-hybridized carbons (Fsp3) is 0.294. The summed E-state index contributed by atoms with van der Waals surface area (Å²) in [7, 11) is 0. The molecule has 0 radical (unpaired) electrons. The molecule has 0 amide bonds. The molecular weight excluding hydrogens is 278 g/mol. The van der Waals surface area contributed by atoms with Crippen molar-refractivity contribution in [3.05, 3.63) is 52.2 Å². The third-order valence-corrected chi connectivity index (χ3v) is 4.20. The summed E-state index contributed by atoms with van der Waals surface area (Å²) in [6, 6.07) is 8.08. The van der Waals surface area contributed by atoms with Crippen LogP contribution in [-0.4, -0.2) is 20.7 Å². The van der Waals surface area contributed by atoms with Crippen LogP contribution in [0.2, 0.25) is 0 Å². The zero-order valence-electron chi connectivity index (χ0n) is 12.6. The molecule has 1 aliphatic carbocycles. The molecular formula is C17H17N3O2. The predicted octanol–water partition coefficient (Wildman–Crippen LogP) is 2.85. The molecule has 1 fully saturated rings. The van der Waals surface area contributed by atoms with Gasteiger partial charge in [-0.25, -0.2) is 9.89 Å². The highest BCUT2D eigenvalue weighted by atomic mass is 16.5. The Hall–Kier alpha value is -2.56. The van der Waals surface area contributed by atoms with E-state index in [1.165, 1.54) is 0 Å². The van der Waals surface area contributed by atoms with Gasteiger partial charge in [0.25, 0.3) is 0 Å². The van der Waals surface area contributed by atoms with Gasteiger partial charge in [-0.2, -0.15) is 5.10 Å². The van der Waals surface area contributed by atoms with E-state index in [4.69, 9.17) is 4.74 Å². The van der Waals surface area contributed by atoms with Crippen LogP contribution in [0, 0.1) is 13.8 Å². The Morgan fingerprint density at radius 3 is 2.86 bits per heavy atom. The van der Waals surface area contributed by atoms with E-state index in [1.807, 2.05) is 26.0 Å². The monoisotopic (exact) mass is 295 g/mol. The van der Waals surface area contributed by atoms with Crippen molar-refractivity contribution in [1.82, 2.24) is 14.6 Å². The van der Waals surface area contributed by atoms with Gasteiger partial charge in [0.05, 0.1) is 17.8 Å². The zero-order chi connectivity index (χ0) is 15.3. The molecule has 3 aromatic rings. The van der Waals surface area contributed by atoms with Crippen molar-refractivity contribution in [3.8, 4) is 16.9 Å². The molecule has 0 atom stereocenters. The van der Waals surface area contributed by atoms with E-state index in [0.717, 1.165) is 46.5 Å². The third kappa shape index (κ3) is 2.01. The number of aromatic nitrogens is 3. The zero-order valence-corrected chi connectivity index (χ0v) is 12.6. The van der Waals surface area contributed by atoms with E-state index in [-0.39, 0.29) is 5.69 Å². The molecule has 0 unspecified atom stereocenters. The van der Waals surface area contributed by atoms with Crippen molar-refractivity contribution >= 4 is 5.52 Å². The van der Waals surface area contributed by atoms with E-state index in [1.54, 1.807) is 10.6 Å². The molecule has 1 aliphatic rings. The second-order valence-electron chi connectivity index (χ2n) is 5.83. The summed E-state index contributed by atoms with van der Waals surface area (Å²) in [4.78, 5) is 12.0. The van der Waals surface area contributed by atoms with Gasteiger partial charge < -0.3 is 4.74 Å². The quantitative estimate of drug-likeness (QED) is 0.808. The number of nitrogens with zero attached hydrogens (tertiary/aromatic N) is 2. The summed E-state index contributed by atoms with van der Waals surface area (Å²) >= 11 is 0. The average Bonchev–Trinajstić information content (AvgIpc) is 3.27. The van der Waals surface area contributed by atoms with Crippen molar-refractivity contribution in [2.45, 2.75) is 32.8 Å². The van der Waals surface area contributed by atoms with Crippen molar-refractivity contribution in [2.75, 3.05) is 0 Å². The van der Waals surface area contributed by atoms with Crippen LogP contribution in [0.1, 0.15) is 24.1 Å². The normalized spacial score (nSPS) is 14.5. The van der Waals surface area contributed by atoms with Gasteiger partial charge in [0.1, 0.15) is 5.75 Å². The SMILES string of the molecule is Cc1c(-c2cccc(OC3CC3)c2)c(C)n2c(=O)[nH]ncc12. The first-order valence-corrected chi connectivity index (χ1v) is 7.47. The van der Waals surface area contributed by atoms with Crippen LogP contribution in [0.3, 0.4) is 0 Å². The minimum absolute atomic E-state index is 0.213. The Balaban J connectivity index is 1.90. The lowest BCUT2D eigenvalue weighted by molar-refractivity contribution is 0.303. The Morgan fingerprint density at radius 2 is 2.14 bits per heavy atom. The molecule has 1 saturated carbocycles. The highest BCUT2D eigenvalue weighted by Crippen LogP contribution is 2.34. The number of benzene rings is 1. The molecule has 112 valence electrons. The Kier molecular flexibility index (Phi) is 2.82. The van der Waals surface area contributed by atoms with Crippen LogP contribution in [0.25, 0.3) is 16.6 Å². The van der Waals surface area contributed by atoms with Crippen molar-refractivity contribution in [3.63, 3.8) is 0 Å². The number of ether oxygens (including phenoxy) is 1. The summed E-state index contributed by atoms with van der Waals surface area (Å²) in [6.07, 6.45) is 4.34. The van der Waals surface area contributed by atoms with Gasteiger partial charge in [-0.3, -0.25) is 4.40 Å². The first-order valence-electron chi connectivity index (χ1n) is 7.47. The highest BCUT2D eigenvalue weighted by molar-refractivity contribution is 5.79. The highest BCUT2D eigenvalue weighted by Gasteiger charge is 2.24. The van der Waals surface area contributed by atoms with Gasteiger partial charge in [0.15, 0.2) is 0 Å². The van der Waals surface area contributed by atoms with E-state index < -0.39 is 0 Å². The number of hydrogen-bond acceptors (Lipinski definition) is 3. The molecule has 0 saturated heterocycles. The summed E-state index contributed by atoms with van der Waals surface area (Å²) in [5.41, 5.74) is 4.73. The molecule has 5 nitrogen and oxygen atoms in total. The standard InChI is InChI=1S/C17H17N3O2/c1-10-15-9-18-19-17(21)20(15)11(2)16(10)12-4-3-5-14(8-12)22-13-6-7-13/h3-5,8-9,13H,6-7H2,1-2H3,(H,19,21). The van der Waals surface area contributed by atoms with Crippen LogP contribution < -0.4 is 10.4 Å². The van der Waals surface area contributed by atoms with Crippen LogP contribution in [-0.2, 0) is 0 Å². The summed E-state index contributed by atoms with van der Waals surface area (Å²) in [5.74, 6) is 0.890. The number of fused-ring (bicyclic) bond motifs is 1. The minimum Gasteiger partial charge on any atom is -0.490 e. The van der Waals surface area contributed by atoms with Crippen molar-refractivity contribution in [1.29, 1.82) is 0 Å². The number of hydrogen-bond donors (Lipinski definition) is 1. The van der Waals surface area contributed by atoms with Crippen molar-refractivity contribution < 1.29 is 4.74 Å². The van der Waals surface area contributed by atoms with Gasteiger partial charge in [-0.15, -0.1) is 0 Å². The summed E-state index contributed by atoms with van der Waals surface area (Å²) in [5, 5.41) is 6.39. The topological polar surface area (TPSA) is 59.4 Å². The summed E-state index contributed by atoms with van der Waals surface area (Å²) < 4.78 is 7.55. The second kappa shape index (κ2) is 4.73. The maximum atomic E-state index is 12.0. The fourth-order valence-corrected chi connectivity index (χ4v) is 3.00. The number of aryl methyl sites for hydroxylation is 2. The lowest BCUT2D eigenvalue weighted by Crippen LogP contribution is -2.17. The van der Waals surface area contributed by atoms with Crippen LogP contribution in [0.5, 0.6) is 5.75 Å². The van der Waals surface area contributed by atoms with Crippen molar-refractivity contribution in [2.24, 2.45) is 0 Å². The van der Waals surface area contributed by atoms with Crippen LogP contribution in [0.4, 0.5) is 0 Å². The van der Waals surface area contributed by atoms with E-state index in [2.05, 4.69) is 22.3 Å². The third-order valence-electron chi connectivity index (χ3n) is 4.20. The number of aromatic amines is 1. The van der Waals surface area contributed by atoms with Crippen LogP contribution >= 0.6 is 0 Å². The van der Waals surface area contributed by atoms with Gasteiger partial charge in [-0.1, -0.05) is 12.1 Å². The van der Waals surface area contributed by atoms with E-state index in [0.29, 0.717) is 6.10 Å². The van der Waals surface area contributed by atoms with Gasteiger partial charge in [0, 0.05) is 11.3 Å². The smallest absolute Gasteiger partial charge is 0.346 e.